The highest BCUT2D eigenvalue weighted by Crippen LogP contribution is 2.22. The average Bonchev–Trinajstić information content (AvgIpc) is 2.03. The first kappa shape index (κ1) is 10.5. The molecule has 2 nitrogen and oxygen atoms in total. The van der Waals surface area contributed by atoms with Crippen molar-refractivity contribution in [2.45, 2.75) is 0 Å². The van der Waals surface area contributed by atoms with Gasteiger partial charge in [0.1, 0.15) is 12.4 Å². The van der Waals surface area contributed by atoms with Crippen molar-refractivity contribution < 1.29 is 9.84 Å². The number of aliphatic hydroxyl groups excluding tert-OH is 1. The SMILES string of the molecule is OCCOc1ccc(I)cc1I. The summed E-state index contributed by atoms with van der Waals surface area (Å²) >= 11 is 4.46. The number of halogens is 2. The maximum Gasteiger partial charge on any atom is 0.132 e. The maximum absolute atomic E-state index is 8.54. The van der Waals surface area contributed by atoms with Crippen LogP contribution in [0.2, 0.25) is 0 Å². The minimum atomic E-state index is 0.0576. The first-order chi connectivity index (χ1) is 5.74. The van der Waals surface area contributed by atoms with Crippen molar-refractivity contribution in [2.75, 3.05) is 13.2 Å². The standard InChI is InChI=1S/C8H8I2O2/c9-6-1-2-8(7(10)5-6)12-4-3-11/h1-2,5,11H,3-4H2. The predicted octanol–water partition coefficient (Wildman–Crippen LogP) is 2.27. The Bertz CT molecular complexity index is 263. The van der Waals surface area contributed by atoms with E-state index in [1.165, 1.54) is 3.57 Å². The Morgan fingerprint density at radius 2 is 2.08 bits per heavy atom. The largest absolute Gasteiger partial charge is 0.490 e. The van der Waals surface area contributed by atoms with Gasteiger partial charge in [-0.3, -0.25) is 0 Å². The van der Waals surface area contributed by atoms with Crippen LogP contribution in [0.25, 0.3) is 0 Å². The second-order valence-corrected chi connectivity index (χ2v) is 4.55. The fourth-order valence-corrected chi connectivity index (χ4v) is 2.51. The zero-order chi connectivity index (χ0) is 8.97. The molecule has 12 heavy (non-hydrogen) atoms. The van der Waals surface area contributed by atoms with Gasteiger partial charge in [-0.1, -0.05) is 0 Å². The summed E-state index contributed by atoms with van der Waals surface area (Å²) in [6.07, 6.45) is 0. The molecule has 0 atom stereocenters. The number of hydrogen-bond acceptors (Lipinski definition) is 2. The van der Waals surface area contributed by atoms with Gasteiger partial charge >= 0.3 is 0 Å². The molecule has 0 fully saturated rings. The molecule has 0 amide bonds. The third kappa shape index (κ3) is 3.06. The molecule has 1 N–H and O–H groups in total. The van der Waals surface area contributed by atoms with Gasteiger partial charge in [0.2, 0.25) is 0 Å². The molecule has 0 unspecified atom stereocenters. The van der Waals surface area contributed by atoms with E-state index in [0.717, 1.165) is 9.32 Å². The Morgan fingerprint density at radius 3 is 2.67 bits per heavy atom. The van der Waals surface area contributed by atoms with Gasteiger partial charge in [-0.05, 0) is 63.4 Å². The Balaban J connectivity index is 2.72. The summed E-state index contributed by atoms with van der Waals surface area (Å²) in [7, 11) is 0. The molecule has 0 radical (unpaired) electrons. The van der Waals surface area contributed by atoms with Crippen molar-refractivity contribution in [3.8, 4) is 5.75 Å². The molecule has 0 bridgehead atoms. The van der Waals surface area contributed by atoms with Crippen LogP contribution in [-0.2, 0) is 0 Å². The summed E-state index contributed by atoms with van der Waals surface area (Å²) < 4.78 is 7.55. The first-order valence-electron chi connectivity index (χ1n) is 3.43. The number of ether oxygens (including phenoxy) is 1. The van der Waals surface area contributed by atoms with Gasteiger partial charge in [-0.15, -0.1) is 0 Å². The van der Waals surface area contributed by atoms with E-state index in [-0.39, 0.29) is 6.61 Å². The monoisotopic (exact) mass is 390 g/mol. The van der Waals surface area contributed by atoms with Gasteiger partial charge in [0.05, 0.1) is 10.2 Å². The van der Waals surface area contributed by atoms with Crippen LogP contribution in [0.4, 0.5) is 0 Å². The minimum Gasteiger partial charge on any atom is -0.490 e. The second-order valence-electron chi connectivity index (χ2n) is 2.15. The summed E-state index contributed by atoms with van der Waals surface area (Å²) in [6.45, 7) is 0.415. The van der Waals surface area contributed by atoms with Gasteiger partial charge in [-0.2, -0.15) is 0 Å². The third-order valence-electron chi connectivity index (χ3n) is 1.24. The van der Waals surface area contributed by atoms with Gasteiger partial charge < -0.3 is 9.84 Å². The van der Waals surface area contributed by atoms with Gasteiger partial charge in [0.25, 0.3) is 0 Å². The van der Waals surface area contributed by atoms with Crippen LogP contribution in [-0.4, -0.2) is 18.3 Å². The van der Waals surface area contributed by atoms with E-state index in [1.54, 1.807) is 0 Å². The molecule has 0 aliphatic carbocycles. The quantitative estimate of drug-likeness (QED) is 0.803. The lowest BCUT2D eigenvalue weighted by molar-refractivity contribution is 0.200. The third-order valence-corrected chi connectivity index (χ3v) is 2.76. The fourth-order valence-electron chi connectivity index (χ4n) is 0.748. The molecule has 1 aromatic rings. The van der Waals surface area contributed by atoms with Crippen LogP contribution in [0, 0.1) is 7.14 Å². The molecule has 66 valence electrons. The van der Waals surface area contributed by atoms with E-state index in [4.69, 9.17) is 9.84 Å². The normalized spacial score (nSPS) is 9.92. The number of rotatable bonds is 3. The van der Waals surface area contributed by atoms with Crippen LogP contribution in [0.15, 0.2) is 18.2 Å². The van der Waals surface area contributed by atoms with Gasteiger partial charge in [0.15, 0.2) is 0 Å². The molecule has 0 aromatic heterocycles. The Hall–Kier alpha value is 0.440. The smallest absolute Gasteiger partial charge is 0.132 e. The lowest BCUT2D eigenvalue weighted by atomic mass is 10.3. The highest BCUT2D eigenvalue weighted by atomic mass is 127. The van der Waals surface area contributed by atoms with Crippen LogP contribution in [0.3, 0.4) is 0 Å². The minimum absolute atomic E-state index is 0.0576. The first-order valence-corrected chi connectivity index (χ1v) is 5.58. The van der Waals surface area contributed by atoms with Crippen molar-refractivity contribution in [2.24, 2.45) is 0 Å². The summed E-state index contributed by atoms with van der Waals surface area (Å²) in [5.41, 5.74) is 0. The number of benzene rings is 1. The molecule has 0 saturated heterocycles. The number of hydrogen-bond donors (Lipinski definition) is 1. The Labute approximate surface area is 98.6 Å². The van der Waals surface area contributed by atoms with E-state index < -0.39 is 0 Å². The molecular weight excluding hydrogens is 382 g/mol. The van der Waals surface area contributed by atoms with Crippen molar-refractivity contribution >= 4 is 45.2 Å². The highest BCUT2D eigenvalue weighted by molar-refractivity contribution is 14.1. The predicted molar refractivity (Wildman–Crippen MR) is 64.5 cm³/mol. The van der Waals surface area contributed by atoms with Crippen LogP contribution < -0.4 is 4.74 Å². The van der Waals surface area contributed by atoms with E-state index in [9.17, 15) is 0 Å². The molecule has 0 heterocycles. The zero-order valence-corrected chi connectivity index (χ0v) is 10.6. The molecule has 1 rings (SSSR count). The molecular formula is C8H8I2O2. The van der Waals surface area contributed by atoms with Crippen LogP contribution >= 0.6 is 45.2 Å². The van der Waals surface area contributed by atoms with Crippen molar-refractivity contribution in [1.82, 2.24) is 0 Å². The average molecular weight is 390 g/mol. The van der Waals surface area contributed by atoms with Crippen LogP contribution in [0.5, 0.6) is 5.75 Å². The summed E-state index contributed by atoms with van der Waals surface area (Å²) in [4.78, 5) is 0. The van der Waals surface area contributed by atoms with Gasteiger partial charge in [0, 0.05) is 3.57 Å². The summed E-state index contributed by atoms with van der Waals surface area (Å²) in [6, 6.07) is 5.93. The zero-order valence-electron chi connectivity index (χ0n) is 6.26. The molecule has 0 aliphatic rings. The molecule has 1 aromatic carbocycles. The summed E-state index contributed by atoms with van der Waals surface area (Å²) in [5, 5.41) is 8.54. The summed E-state index contributed by atoms with van der Waals surface area (Å²) in [5.74, 6) is 0.838. The second kappa shape index (κ2) is 5.23. The van der Waals surface area contributed by atoms with E-state index >= 15 is 0 Å². The van der Waals surface area contributed by atoms with Gasteiger partial charge in [-0.25, -0.2) is 0 Å². The molecule has 4 heteroatoms. The van der Waals surface area contributed by atoms with E-state index in [0.29, 0.717) is 6.61 Å². The van der Waals surface area contributed by atoms with E-state index in [2.05, 4.69) is 45.2 Å². The lowest BCUT2D eigenvalue weighted by Crippen LogP contribution is -2.02. The Kier molecular flexibility index (Phi) is 4.59. The molecule has 0 saturated carbocycles. The molecule has 0 spiro atoms. The lowest BCUT2D eigenvalue weighted by Gasteiger charge is -2.06. The molecule has 0 aliphatic heterocycles. The maximum atomic E-state index is 8.54. The fraction of sp³-hybridized carbons (Fsp3) is 0.250. The van der Waals surface area contributed by atoms with E-state index in [1.807, 2.05) is 18.2 Å². The van der Waals surface area contributed by atoms with Crippen molar-refractivity contribution in [3.63, 3.8) is 0 Å². The van der Waals surface area contributed by atoms with Crippen LogP contribution in [0.1, 0.15) is 0 Å². The highest BCUT2D eigenvalue weighted by Gasteiger charge is 1.99. The van der Waals surface area contributed by atoms with Crippen molar-refractivity contribution in [3.05, 3.63) is 25.3 Å². The topological polar surface area (TPSA) is 29.5 Å². The Morgan fingerprint density at radius 1 is 1.33 bits per heavy atom. The van der Waals surface area contributed by atoms with Crippen molar-refractivity contribution in [1.29, 1.82) is 0 Å². The number of aliphatic hydroxyl groups is 1.